The second-order valence-corrected chi connectivity index (χ2v) is 11.5. The first-order valence-corrected chi connectivity index (χ1v) is 12.4. The van der Waals surface area contributed by atoms with Crippen molar-refractivity contribution < 1.29 is 38.0 Å². The number of ether oxygens (including phenoxy) is 6. The van der Waals surface area contributed by atoms with E-state index < -0.39 is 11.4 Å². The van der Waals surface area contributed by atoms with Crippen molar-refractivity contribution in [3.63, 3.8) is 0 Å². The van der Waals surface area contributed by atoms with Gasteiger partial charge in [-0.3, -0.25) is 9.59 Å². The van der Waals surface area contributed by atoms with Gasteiger partial charge in [0, 0.05) is 30.1 Å². The van der Waals surface area contributed by atoms with E-state index in [4.69, 9.17) is 28.4 Å². The summed E-state index contributed by atoms with van der Waals surface area (Å²) in [4.78, 5) is 24.7. The van der Waals surface area contributed by atoms with Gasteiger partial charge in [-0.2, -0.15) is 0 Å². The summed E-state index contributed by atoms with van der Waals surface area (Å²) in [5.41, 5.74) is -0.00451. The van der Waals surface area contributed by atoms with Gasteiger partial charge in [-0.25, -0.2) is 0 Å². The van der Waals surface area contributed by atoms with E-state index in [1.165, 1.54) is 6.92 Å². The summed E-state index contributed by atoms with van der Waals surface area (Å²) in [6.45, 7) is 5.13. The molecule has 2 bridgehead atoms. The Labute approximate surface area is 193 Å². The Morgan fingerprint density at radius 2 is 2.00 bits per heavy atom. The van der Waals surface area contributed by atoms with Crippen LogP contribution in [-0.2, 0) is 38.0 Å². The molecule has 3 heterocycles. The standard InChI is InChI=1S/C25H32O8/c1-14(26)33-20-9-22(2)17(4-6-24(22)25(32-13-30-24)11-28-12-31-25)16-8-19-18-7-15(27)3-5-23(18,10-29-19)21(16)20/h7,16-17,19-21H,3-6,8-13H2,1-2H3/t16-,17-,19+,20-,21+,22-,23+,24+,25?/m0/s1. The molecule has 0 N–H and O–H groups in total. The molecule has 0 amide bonds. The maximum Gasteiger partial charge on any atom is 0.302 e. The maximum atomic E-state index is 12.3. The van der Waals surface area contributed by atoms with Crippen molar-refractivity contribution >= 4 is 11.8 Å². The lowest BCUT2D eigenvalue weighted by atomic mass is 9.45. The zero-order chi connectivity index (χ0) is 22.6. The van der Waals surface area contributed by atoms with E-state index in [1.54, 1.807) is 0 Å². The first-order valence-electron chi connectivity index (χ1n) is 12.4. The average Bonchev–Trinajstić information content (AvgIpc) is 3.51. The summed E-state index contributed by atoms with van der Waals surface area (Å²) >= 11 is 0. The second-order valence-electron chi connectivity index (χ2n) is 11.5. The largest absolute Gasteiger partial charge is 0.462 e. The Kier molecular flexibility index (Phi) is 4.24. The third-order valence-electron chi connectivity index (χ3n) is 10.5. The molecule has 7 aliphatic rings. The van der Waals surface area contributed by atoms with Crippen molar-refractivity contribution in [2.75, 3.05) is 26.8 Å². The Morgan fingerprint density at radius 3 is 2.79 bits per heavy atom. The number of hydrogen-bond acceptors (Lipinski definition) is 8. The summed E-state index contributed by atoms with van der Waals surface area (Å²) in [6, 6.07) is 0. The van der Waals surface area contributed by atoms with Gasteiger partial charge in [-0.1, -0.05) is 6.92 Å². The fraction of sp³-hybridized carbons (Fsp3) is 0.840. The second kappa shape index (κ2) is 6.66. The number of carbonyl (C=O) groups is 2. The van der Waals surface area contributed by atoms with Crippen molar-refractivity contribution in [3.05, 3.63) is 11.6 Å². The van der Waals surface area contributed by atoms with Crippen molar-refractivity contribution in [1.29, 1.82) is 0 Å². The normalized spacial score (nSPS) is 54.3. The fourth-order valence-electron chi connectivity index (χ4n) is 9.41. The van der Waals surface area contributed by atoms with Gasteiger partial charge in [-0.05, 0) is 55.6 Å². The van der Waals surface area contributed by atoms with E-state index in [0.29, 0.717) is 37.9 Å². The zero-order valence-corrected chi connectivity index (χ0v) is 19.3. The van der Waals surface area contributed by atoms with Gasteiger partial charge in [0.2, 0.25) is 5.79 Å². The van der Waals surface area contributed by atoms with E-state index in [0.717, 1.165) is 31.3 Å². The highest BCUT2D eigenvalue weighted by Crippen LogP contribution is 2.73. The topological polar surface area (TPSA) is 89.5 Å². The van der Waals surface area contributed by atoms with E-state index in [-0.39, 0.29) is 54.3 Å². The van der Waals surface area contributed by atoms with Crippen molar-refractivity contribution in [1.82, 2.24) is 0 Å². The molecule has 0 radical (unpaired) electrons. The van der Waals surface area contributed by atoms with Gasteiger partial charge in [0.15, 0.2) is 19.4 Å². The molecule has 4 aliphatic carbocycles. The SMILES string of the molecule is CC(=O)O[C@H]1C[C@@]2(C)[C@@H](CC[C@@]23OCOC32COCO2)[C@@H]2C[C@H]3OC[C@@]4(CCC(=O)C=C34)[C@H]21. The Balaban J connectivity index is 1.35. The number of hydrogen-bond donors (Lipinski definition) is 0. The van der Waals surface area contributed by atoms with Crippen LogP contribution in [0.5, 0.6) is 0 Å². The number of fused-ring (bicyclic) bond motifs is 5. The molecule has 8 heteroatoms. The third kappa shape index (κ3) is 2.39. The van der Waals surface area contributed by atoms with Crippen LogP contribution < -0.4 is 0 Å². The highest BCUT2D eigenvalue weighted by molar-refractivity contribution is 5.92. The van der Waals surface area contributed by atoms with Gasteiger partial charge >= 0.3 is 5.97 Å². The van der Waals surface area contributed by atoms with Crippen LogP contribution in [0, 0.1) is 28.6 Å². The first-order chi connectivity index (χ1) is 15.8. The molecule has 0 aromatic carbocycles. The molecule has 1 unspecified atom stereocenters. The predicted octanol–water partition coefficient (Wildman–Crippen LogP) is 2.49. The molecule has 6 fully saturated rings. The number of rotatable bonds is 1. The minimum absolute atomic E-state index is 0.0202. The zero-order valence-electron chi connectivity index (χ0n) is 19.3. The van der Waals surface area contributed by atoms with Crippen LogP contribution in [0.1, 0.15) is 52.4 Å². The number of esters is 1. The van der Waals surface area contributed by atoms with Gasteiger partial charge in [0.1, 0.15) is 18.3 Å². The lowest BCUT2D eigenvalue weighted by Gasteiger charge is -2.61. The molecule has 180 valence electrons. The van der Waals surface area contributed by atoms with Gasteiger partial charge in [0.25, 0.3) is 0 Å². The van der Waals surface area contributed by atoms with E-state index in [9.17, 15) is 9.59 Å². The molecule has 9 atom stereocenters. The van der Waals surface area contributed by atoms with Crippen molar-refractivity contribution in [2.45, 2.75) is 76.0 Å². The van der Waals surface area contributed by atoms with Crippen LogP contribution in [0.15, 0.2) is 11.6 Å². The quantitative estimate of drug-likeness (QED) is 0.552. The lowest BCUT2D eigenvalue weighted by Crippen LogP contribution is -2.67. The fourth-order valence-corrected chi connectivity index (χ4v) is 9.41. The van der Waals surface area contributed by atoms with Gasteiger partial charge in [0.05, 0.1) is 12.7 Å². The third-order valence-corrected chi connectivity index (χ3v) is 10.5. The molecule has 3 saturated heterocycles. The van der Waals surface area contributed by atoms with Crippen LogP contribution in [0.3, 0.4) is 0 Å². The van der Waals surface area contributed by atoms with Crippen LogP contribution in [0.4, 0.5) is 0 Å². The Morgan fingerprint density at radius 1 is 1.15 bits per heavy atom. The monoisotopic (exact) mass is 460 g/mol. The smallest absolute Gasteiger partial charge is 0.302 e. The molecule has 33 heavy (non-hydrogen) atoms. The number of carbonyl (C=O) groups excluding carboxylic acids is 2. The summed E-state index contributed by atoms with van der Waals surface area (Å²) in [6.07, 6.45) is 6.23. The molecule has 8 nitrogen and oxygen atoms in total. The Hall–Kier alpha value is -1.32. The minimum Gasteiger partial charge on any atom is -0.462 e. The van der Waals surface area contributed by atoms with E-state index in [2.05, 4.69) is 6.92 Å². The molecule has 0 aromatic rings. The molecule has 3 saturated carbocycles. The van der Waals surface area contributed by atoms with E-state index in [1.807, 2.05) is 6.08 Å². The summed E-state index contributed by atoms with van der Waals surface area (Å²) < 4.78 is 36.8. The van der Waals surface area contributed by atoms with Crippen LogP contribution >= 0.6 is 0 Å². The molecule has 7 rings (SSSR count). The molecule has 0 aromatic heterocycles. The van der Waals surface area contributed by atoms with Gasteiger partial charge in [-0.15, -0.1) is 0 Å². The average molecular weight is 461 g/mol. The van der Waals surface area contributed by atoms with Crippen molar-refractivity contribution in [2.24, 2.45) is 28.6 Å². The number of ketones is 1. The van der Waals surface area contributed by atoms with Crippen LogP contribution in [-0.4, -0.2) is 62.1 Å². The molecule has 2 spiro atoms. The highest BCUT2D eigenvalue weighted by atomic mass is 16.9. The molecular weight excluding hydrogens is 428 g/mol. The summed E-state index contributed by atoms with van der Waals surface area (Å²) in [7, 11) is 0. The van der Waals surface area contributed by atoms with Crippen molar-refractivity contribution in [3.8, 4) is 0 Å². The molecular formula is C25H32O8. The maximum absolute atomic E-state index is 12.3. The lowest BCUT2D eigenvalue weighted by molar-refractivity contribution is -0.258. The first kappa shape index (κ1) is 21.0. The van der Waals surface area contributed by atoms with Gasteiger partial charge < -0.3 is 28.4 Å². The van der Waals surface area contributed by atoms with Crippen LogP contribution in [0.25, 0.3) is 0 Å². The van der Waals surface area contributed by atoms with E-state index >= 15 is 0 Å². The van der Waals surface area contributed by atoms with Crippen LogP contribution in [0.2, 0.25) is 0 Å². The predicted molar refractivity (Wildman–Crippen MR) is 111 cm³/mol. The summed E-state index contributed by atoms with van der Waals surface area (Å²) in [5, 5.41) is 0. The Bertz CT molecular complexity index is 933. The molecule has 3 aliphatic heterocycles. The highest BCUT2D eigenvalue weighted by Gasteiger charge is 2.78. The minimum atomic E-state index is -0.908. The summed E-state index contributed by atoms with van der Waals surface area (Å²) in [5.74, 6) is -0.162.